The van der Waals surface area contributed by atoms with E-state index in [1.807, 2.05) is 0 Å². The van der Waals surface area contributed by atoms with Crippen LogP contribution in [0.3, 0.4) is 0 Å². The average Bonchev–Trinajstić information content (AvgIpc) is 2.41. The maximum atomic E-state index is 5.74. The van der Waals surface area contributed by atoms with Crippen molar-refractivity contribution < 1.29 is 4.74 Å². The van der Waals surface area contributed by atoms with Crippen molar-refractivity contribution in [2.24, 2.45) is 5.92 Å². The fourth-order valence-corrected chi connectivity index (χ4v) is 2.56. The van der Waals surface area contributed by atoms with Gasteiger partial charge in [0, 0.05) is 24.2 Å². The highest BCUT2D eigenvalue weighted by atomic mass is 79.9. The van der Waals surface area contributed by atoms with E-state index >= 15 is 0 Å². The summed E-state index contributed by atoms with van der Waals surface area (Å²) in [5.41, 5.74) is 1.39. The Balaban J connectivity index is 2.51. The first-order chi connectivity index (χ1) is 9.63. The molecule has 1 unspecified atom stereocenters. The summed E-state index contributed by atoms with van der Waals surface area (Å²) in [5, 5.41) is 3.53. The molecule has 0 fully saturated rings. The Hall–Kier alpha value is -0.380. The Labute approximate surface area is 132 Å². The smallest absolute Gasteiger partial charge is 0.0488 e. The van der Waals surface area contributed by atoms with Gasteiger partial charge in [-0.1, -0.05) is 48.8 Å². The zero-order valence-corrected chi connectivity index (χ0v) is 14.6. The van der Waals surface area contributed by atoms with Crippen LogP contribution in [-0.2, 0) is 4.74 Å². The third-order valence-corrected chi connectivity index (χ3v) is 3.69. The predicted octanol–water partition coefficient (Wildman–Crippen LogP) is 4.60. The van der Waals surface area contributed by atoms with E-state index in [9.17, 15) is 0 Å². The van der Waals surface area contributed by atoms with Gasteiger partial charge >= 0.3 is 0 Å². The number of nitrogens with one attached hydrogen (secondary N) is 1. The monoisotopic (exact) mass is 341 g/mol. The number of ether oxygens (including phenoxy) is 1. The molecule has 0 aliphatic rings. The molecule has 3 heteroatoms. The summed E-state index contributed by atoms with van der Waals surface area (Å²) in [6, 6.07) is 8.63. The normalized spacial score (nSPS) is 12.8. The highest BCUT2D eigenvalue weighted by Gasteiger charge is 2.11. The molecule has 0 saturated carbocycles. The summed E-state index contributed by atoms with van der Waals surface area (Å²) in [4.78, 5) is 0. The molecule has 0 aliphatic carbocycles. The third kappa shape index (κ3) is 7.41. The van der Waals surface area contributed by atoms with E-state index in [4.69, 9.17) is 4.74 Å². The maximum Gasteiger partial charge on any atom is 0.0488 e. The molecule has 114 valence electrons. The lowest BCUT2D eigenvalue weighted by Crippen LogP contribution is -2.23. The van der Waals surface area contributed by atoms with Crippen LogP contribution < -0.4 is 5.32 Å². The van der Waals surface area contributed by atoms with Crippen LogP contribution >= 0.6 is 15.9 Å². The van der Waals surface area contributed by atoms with Crippen molar-refractivity contribution >= 4 is 15.9 Å². The van der Waals surface area contributed by atoms with E-state index in [0.29, 0.717) is 11.8 Å². The molecular formula is C17H28BrNO. The van der Waals surface area contributed by atoms with Crippen molar-refractivity contribution in [2.75, 3.05) is 26.3 Å². The van der Waals surface area contributed by atoms with Crippen LogP contribution in [0.15, 0.2) is 28.7 Å². The molecule has 1 atom stereocenters. The summed E-state index contributed by atoms with van der Waals surface area (Å²) in [6.07, 6.45) is 2.24. The minimum atomic E-state index is 0.520. The topological polar surface area (TPSA) is 21.3 Å². The van der Waals surface area contributed by atoms with Gasteiger partial charge in [-0.05, 0) is 48.9 Å². The average molecular weight is 342 g/mol. The summed E-state index contributed by atoms with van der Waals surface area (Å²) < 4.78 is 6.90. The van der Waals surface area contributed by atoms with Crippen molar-refractivity contribution in [3.05, 3.63) is 34.3 Å². The molecule has 0 spiro atoms. The molecule has 0 heterocycles. The molecule has 1 aromatic rings. The molecule has 0 amide bonds. The summed E-state index contributed by atoms with van der Waals surface area (Å²) >= 11 is 3.56. The maximum absolute atomic E-state index is 5.74. The lowest BCUT2D eigenvalue weighted by atomic mass is 9.96. The Morgan fingerprint density at radius 1 is 1.30 bits per heavy atom. The van der Waals surface area contributed by atoms with Crippen LogP contribution in [0.5, 0.6) is 0 Å². The van der Waals surface area contributed by atoms with Gasteiger partial charge in [0.2, 0.25) is 0 Å². The van der Waals surface area contributed by atoms with Crippen molar-refractivity contribution in [1.29, 1.82) is 0 Å². The second-order valence-electron chi connectivity index (χ2n) is 5.71. The number of rotatable bonds is 10. The van der Waals surface area contributed by atoms with E-state index in [1.165, 1.54) is 12.0 Å². The molecule has 0 aliphatic heterocycles. The fraction of sp³-hybridized carbons (Fsp3) is 0.647. The number of benzene rings is 1. The van der Waals surface area contributed by atoms with E-state index in [-0.39, 0.29) is 0 Å². The highest BCUT2D eigenvalue weighted by Crippen LogP contribution is 2.22. The van der Waals surface area contributed by atoms with Gasteiger partial charge in [-0.2, -0.15) is 0 Å². The molecular weight excluding hydrogens is 314 g/mol. The van der Waals surface area contributed by atoms with Gasteiger partial charge in [0.25, 0.3) is 0 Å². The van der Waals surface area contributed by atoms with E-state index < -0.39 is 0 Å². The lowest BCUT2D eigenvalue weighted by molar-refractivity contribution is 0.103. The lowest BCUT2D eigenvalue weighted by Gasteiger charge is -2.19. The standard InChI is InChI=1S/C17H28BrNO/c1-4-9-19-12-16(8-10-20-13-14(2)3)15-6-5-7-17(18)11-15/h5-7,11,14,16,19H,4,8-10,12-13H2,1-3H3. The second-order valence-corrected chi connectivity index (χ2v) is 6.63. The number of hydrogen-bond donors (Lipinski definition) is 1. The fourth-order valence-electron chi connectivity index (χ4n) is 2.14. The Kier molecular flexibility index (Phi) is 9.16. The van der Waals surface area contributed by atoms with Gasteiger partial charge in [-0.25, -0.2) is 0 Å². The van der Waals surface area contributed by atoms with Gasteiger partial charge in [0.05, 0.1) is 0 Å². The molecule has 0 saturated heterocycles. The SMILES string of the molecule is CCCNCC(CCOCC(C)C)c1cccc(Br)c1. The van der Waals surface area contributed by atoms with E-state index in [2.05, 4.69) is 66.3 Å². The van der Waals surface area contributed by atoms with Gasteiger partial charge in [0.1, 0.15) is 0 Å². The molecule has 0 bridgehead atoms. The quantitative estimate of drug-likeness (QED) is 0.628. The Bertz CT molecular complexity index is 368. The first-order valence-corrected chi connectivity index (χ1v) is 8.46. The molecule has 1 rings (SSSR count). The molecule has 0 radical (unpaired) electrons. The number of hydrogen-bond acceptors (Lipinski definition) is 2. The second kappa shape index (κ2) is 10.4. The van der Waals surface area contributed by atoms with Crippen LogP contribution in [0, 0.1) is 5.92 Å². The summed E-state index contributed by atoms with van der Waals surface area (Å²) in [6.45, 7) is 10.4. The van der Waals surface area contributed by atoms with E-state index in [1.54, 1.807) is 0 Å². The highest BCUT2D eigenvalue weighted by molar-refractivity contribution is 9.10. The van der Waals surface area contributed by atoms with Crippen LogP contribution in [0.4, 0.5) is 0 Å². The van der Waals surface area contributed by atoms with Gasteiger partial charge < -0.3 is 10.1 Å². The first kappa shape index (κ1) is 17.7. The van der Waals surface area contributed by atoms with Crippen molar-refractivity contribution in [2.45, 2.75) is 39.5 Å². The molecule has 1 aromatic carbocycles. The minimum absolute atomic E-state index is 0.520. The summed E-state index contributed by atoms with van der Waals surface area (Å²) in [5.74, 6) is 1.13. The first-order valence-electron chi connectivity index (χ1n) is 7.67. The zero-order chi connectivity index (χ0) is 14.8. The van der Waals surface area contributed by atoms with Crippen LogP contribution in [0.1, 0.15) is 45.1 Å². The molecule has 1 N–H and O–H groups in total. The van der Waals surface area contributed by atoms with Crippen LogP contribution in [0.2, 0.25) is 0 Å². The van der Waals surface area contributed by atoms with E-state index in [0.717, 1.165) is 37.2 Å². The number of halogens is 1. The Morgan fingerprint density at radius 3 is 2.75 bits per heavy atom. The molecule has 0 aromatic heterocycles. The molecule has 2 nitrogen and oxygen atoms in total. The van der Waals surface area contributed by atoms with Crippen LogP contribution in [0.25, 0.3) is 0 Å². The van der Waals surface area contributed by atoms with Crippen LogP contribution in [-0.4, -0.2) is 26.3 Å². The van der Waals surface area contributed by atoms with Crippen molar-refractivity contribution in [3.8, 4) is 0 Å². The largest absolute Gasteiger partial charge is 0.381 e. The van der Waals surface area contributed by atoms with Gasteiger partial charge in [-0.15, -0.1) is 0 Å². The van der Waals surface area contributed by atoms with Gasteiger partial charge in [0.15, 0.2) is 0 Å². The minimum Gasteiger partial charge on any atom is -0.381 e. The zero-order valence-electron chi connectivity index (χ0n) is 13.0. The molecule has 20 heavy (non-hydrogen) atoms. The summed E-state index contributed by atoms with van der Waals surface area (Å²) in [7, 11) is 0. The van der Waals surface area contributed by atoms with Crippen molar-refractivity contribution in [3.63, 3.8) is 0 Å². The van der Waals surface area contributed by atoms with Gasteiger partial charge in [-0.3, -0.25) is 0 Å². The third-order valence-electron chi connectivity index (χ3n) is 3.20. The van der Waals surface area contributed by atoms with Crippen molar-refractivity contribution in [1.82, 2.24) is 5.32 Å². The predicted molar refractivity (Wildman–Crippen MR) is 90.3 cm³/mol. The Morgan fingerprint density at radius 2 is 2.10 bits per heavy atom.